The number of aromatic nitrogens is 1. The van der Waals surface area contributed by atoms with Crippen LogP contribution in [0.1, 0.15) is 0 Å². The first-order valence-electron chi connectivity index (χ1n) is 3.84. The summed E-state index contributed by atoms with van der Waals surface area (Å²) in [5, 5.41) is 2.18. The van der Waals surface area contributed by atoms with Gasteiger partial charge >= 0.3 is 0 Å². The number of anilines is 1. The average Bonchev–Trinajstić information content (AvgIpc) is 2.57. The molecule has 0 aliphatic heterocycles. The fourth-order valence-electron chi connectivity index (χ4n) is 1.11. The Balaban J connectivity index is 2.57. The predicted molar refractivity (Wildman–Crippen MR) is 59.6 cm³/mol. The number of rotatable bonds is 1. The van der Waals surface area contributed by atoms with Crippen molar-refractivity contribution >= 4 is 32.4 Å². The molecule has 14 heavy (non-hydrogen) atoms. The number of benzene rings is 1. The third-order valence-corrected chi connectivity index (χ3v) is 3.04. The summed E-state index contributed by atoms with van der Waals surface area (Å²) in [7, 11) is 0. The van der Waals surface area contributed by atoms with Crippen molar-refractivity contribution in [2.75, 3.05) is 5.73 Å². The number of nitrogens with two attached hydrogens (primary N) is 1. The monoisotopic (exact) mass is 272 g/mol. The molecule has 0 radical (unpaired) electrons. The lowest BCUT2D eigenvalue weighted by Gasteiger charge is -2.00. The number of nitrogen functional groups attached to an aromatic ring is 1. The van der Waals surface area contributed by atoms with E-state index in [0.717, 1.165) is 0 Å². The van der Waals surface area contributed by atoms with E-state index in [4.69, 9.17) is 5.73 Å². The second-order valence-electron chi connectivity index (χ2n) is 2.67. The lowest BCUT2D eigenvalue weighted by molar-refractivity contribution is 0.624. The van der Waals surface area contributed by atoms with E-state index < -0.39 is 0 Å². The molecule has 0 saturated heterocycles. The van der Waals surface area contributed by atoms with Gasteiger partial charge in [-0.2, -0.15) is 0 Å². The molecule has 0 fully saturated rings. The van der Waals surface area contributed by atoms with Crippen molar-refractivity contribution in [1.82, 2.24) is 4.98 Å². The third-order valence-electron chi connectivity index (χ3n) is 1.75. The molecule has 2 aromatic rings. The van der Waals surface area contributed by atoms with Gasteiger partial charge in [0.25, 0.3) is 0 Å². The lowest BCUT2D eigenvalue weighted by Crippen LogP contribution is -1.87. The standard InChI is InChI=1S/C9H6BrFN2S/c10-6-3-1-2-5(8(6)11)7-4-14-9(12)13-7/h1-4H,(H2,12,13). The maximum Gasteiger partial charge on any atom is 0.180 e. The summed E-state index contributed by atoms with van der Waals surface area (Å²) in [4.78, 5) is 4.02. The van der Waals surface area contributed by atoms with E-state index in [-0.39, 0.29) is 5.82 Å². The summed E-state index contributed by atoms with van der Waals surface area (Å²) >= 11 is 4.42. The van der Waals surface area contributed by atoms with Crippen LogP contribution in [0.3, 0.4) is 0 Å². The molecule has 2 N–H and O–H groups in total. The Morgan fingerprint density at radius 1 is 1.43 bits per heavy atom. The van der Waals surface area contributed by atoms with Gasteiger partial charge in [-0.15, -0.1) is 11.3 Å². The van der Waals surface area contributed by atoms with E-state index >= 15 is 0 Å². The van der Waals surface area contributed by atoms with Gasteiger partial charge < -0.3 is 5.73 Å². The molecule has 0 bridgehead atoms. The summed E-state index contributed by atoms with van der Waals surface area (Å²) in [6, 6.07) is 5.08. The minimum Gasteiger partial charge on any atom is -0.375 e. The molecule has 72 valence electrons. The second-order valence-corrected chi connectivity index (χ2v) is 4.42. The fraction of sp³-hybridized carbons (Fsp3) is 0. The van der Waals surface area contributed by atoms with Gasteiger partial charge in [0.1, 0.15) is 5.82 Å². The molecule has 0 unspecified atom stereocenters. The van der Waals surface area contributed by atoms with Gasteiger partial charge in [-0.25, -0.2) is 9.37 Å². The first-order valence-corrected chi connectivity index (χ1v) is 5.51. The molecule has 1 aromatic heterocycles. The molecule has 0 aliphatic carbocycles. The smallest absolute Gasteiger partial charge is 0.180 e. The minimum absolute atomic E-state index is 0.308. The molecule has 0 atom stereocenters. The van der Waals surface area contributed by atoms with E-state index in [1.165, 1.54) is 11.3 Å². The molecule has 2 rings (SSSR count). The van der Waals surface area contributed by atoms with Crippen LogP contribution in [0, 0.1) is 5.82 Å². The fourth-order valence-corrected chi connectivity index (χ4v) is 2.04. The van der Waals surface area contributed by atoms with Gasteiger partial charge in [0.15, 0.2) is 5.13 Å². The van der Waals surface area contributed by atoms with E-state index in [1.807, 2.05) is 0 Å². The number of thiazole rings is 1. The Morgan fingerprint density at radius 2 is 2.21 bits per heavy atom. The minimum atomic E-state index is -0.308. The van der Waals surface area contributed by atoms with Gasteiger partial charge in [0.2, 0.25) is 0 Å². The Morgan fingerprint density at radius 3 is 2.86 bits per heavy atom. The number of hydrogen-bond acceptors (Lipinski definition) is 3. The van der Waals surface area contributed by atoms with Crippen molar-refractivity contribution in [1.29, 1.82) is 0 Å². The maximum absolute atomic E-state index is 13.6. The number of nitrogens with zero attached hydrogens (tertiary/aromatic N) is 1. The SMILES string of the molecule is Nc1nc(-c2cccc(Br)c2F)cs1. The summed E-state index contributed by atoms with van der Waals surface area (Å²) in [6.07, 6.45) is 0. The Labute approximate surface area is 92.7 Å². The van der Waals surface area contributed by atoms with Gasteiger partial charge in [0, 0.05) is 10.9 Å². The molecule has 5 heteroatoms. The van der Waals surface area contributed by atoms with E-state index in [2.05, 4.69) is 20.9 Å². The highest BCUT2D eigenvalue weighted by atomic mass is 79.9. The van der Waals surface area contributed by atoms with Crippen LogP contribution in [0.15, 0.2) is 28.1 Å². The van der Waals surface area contributed by atoms with Crippen molar-refractivity contribution in [3.8, 4) is 11.3 Å². The van der Waals surface area contributed by atoms with Crippen LogP contribution in [0.4, 0.5) is 9.52 Å². The van der Waals surface area contributed by atoms with Crippen LogP contribution in [-0.4, -0.2) is 4.98 Å². The zero-order valence-electron chi connectivity index (χ0n) is 7.00. The van der Waals surface area contributed by atoms with Gasteiger partial charge in [-0.1, -0.05) is 6.07 Å². The van der Waals surface area contributed by atoms with Gasteiger partial charge in [0.05, 0.1) is 10.2 Å². The van der Waals surface area contributed by atoms with Crippen molar-refractivity contribution in [3.63, 3.8) is 0 Å². The highest BCUT2D eigenvalue weighted by Gasteiger charge is 2.10. The van der Waals surface area contributed by atoms with Crippen LogP contribution >= 0.6 is 27.3 Å². The molecular formula is C9H6BrFN2S. The van der Waals surface area contributed by atoms with Crippen LogP contribution in [0.25, 0.3) is 11.3 Å². The first kappa shape index (κ1) is 9.61. The lowest BCUT2D eigenvalue weighted by atomic mass is 10.2. The van der Waals surface area contributed by atoms with E-state index in [9.17, 15) is 4.39 Å². The van der Waals surface area contributed by atoms with Crippen molar-refractivity contribution < 1.29 is 4.39 Å². The molecular weight excluding hydrogens is 267 g/mol. The van der Waals surface area contributed by atoms with Crippen molar-refractivity contribution in [3.05, 3.63) is 33.9 Å². The Kier molecular flexibility index (Phi) is 2.52. The normalized spacial score (nSPS) is 10.4. The largest absolute Gasteiger partial charge is 0.375 e. The molecule has 0 aliphatic rings. The summed E-state index contributed by atoms with van der Waals surface area (Å²) < 4.78 is 14.0. The summed E-state index contributed by atoms with van der Waals surface area (Å²) in [6.45, 7) is 0. The zero-order chi connectivity index (χ0) is 10.1. The van der Waals surface area contributed by atoms with Crippen LogP contribution in [0.2, 0.25) is 0 Å². The zero-order valence-corrected chi connectivity index (χ0v) is 9.40. The van der Waals surface area contributed by atoms with Gasteiger partial charge in [-0.05, 0) is 28.1 Å². The van der Waals surface area contributed by atoms with Crippen molar-refractivity contribution in [2.24, 2.45) is 0 Å². The number of hydrogen-bond donors (Lipinski definition) is 1. The maximum atomic E-state index is 13.6. The topological polar surface area (TPSA) is 38.9 Å². The third kappa shape index (κ3) is 1.65. The molecule has 0 saturated carbocycles. The average molecular weight is 273 g/mol. The van der Waals surface area contributed by atoms with Crippen LogP contribution in [-0.2, 0) is 0 Å². The summed E-state index contributed by atoms with van der Waals surface area (Å²) in [5.41, 5.74) is 6.52. The second kappa shape index (κ2) is 3.67. The predicted octanol–water partition coefficient (Wildman–Crippen LogP) is 3.29. The molecule has 0 amide bonds. The van der Waals surface area contributed by atoms with Crippen molar-refractivity contribution in [2.45, 2.75) is 0 Å². The van der Waals surface area contributed by atoms with Crippen LogP contribution in [0.5, 0.6) is 0 Å². The van der Waals surface area contributed by atoms with Crippen LogP contribution < -0.4 is 5.73 Å². The van der Waals surface area contributed by atoms with Gasteiger partial charge in [-0.3, -0.25) is 0 Å². The van der Waals surface area contributed by atoms with E-state index in [1.54, 1.807) is 23.6 Å². The Bertz CT molecular complexity index is 470. The molecule has 1 aromatic carbocycles. The molecule has 1 heterocycles. The Hall–Kier alpha value is -0.940. The molecule has 2 nitrogen and oxygen atoms in total. The number of halogens is 2. The van der Waals surface area contributed by atoms with E-state index in [0.29, 0.717) is 20.9 Å². The summed E-state index contributed by atoms with van der Waals surface area (Å²) in [5.74, 6) is -0.308. The molecule has 0 spiro atoms. The first-order chi connectivity index (χ1) is 6.68. The highest BCUT2D eigenvalue weighted by Crippen LogP contribution is 2.29. The highest BCUT2D eigenvalue weighted by molar-refractivity contribution is 9.10. The quantitative estimate of drug-likeness (QED) is 0.865.